The maximum absolute atomic E-state index is 12.8. The third-order valence-corrected chi connectivity index (χ3v) is 6.37. The molecule has 5 nitrogen and oxygen atoms in total. The van der Waals surface area contributed by atoms with Crippen LogP contribution in [0.5, 0.6) is 0 Å². The Hall–Kier alpha value is -2.40. The summed E-state index contributed by atoms with van der Waals surface area (Å²) in [6.45, 7) is 14.1. The lowest BCUT2D eigenvalue weighted by molar-refractivity contribution is 0.0690. The molecular formula is C27H40N4O. The number of hydrogen-bond donors (Lipinski definition) is 1. The third-order valence-electron chi connectivity index (χ3n) is 6.37. The molecule has 3 heterocycles. The molecule has 0 unspecified atom stereocenters. The summed E-state index contributed by atoms with van der Waals surface area (Å²) in [7, 11) is 0. The molecule has 1 N–H and O–H groups in total. The van der Waals surface area contributed by atoms with Gasteiger partial charge < -0.3 is 15.1 Å². The number of aromatic nitrogens is 1. The summed E-state index contributed by atoms with van der Waals surface area (Å²) in [5.74, 6) is 1.90. The number of nitrogens with one attached hydrogen (secondary N) is 1. The molecule has 32 heavy (non-hydrogen) atoms. The van der Waals surface area contributed by atoms with Crippen LogP contribution in [0.4, 0.5) is 5.82 Å². The van der Waals surface area contributed by atoms with Crippen molar-refractivity contribution in [1.82, 2.24) is 15.2 Å². The van der Waals surface area contributed by atoms with Gasteiger partial charge in [-0.05, 0) is 81.0 Å². The lowest BCUT2D eigenvalue weighted by atomic mass is 9.96. The summed E-state index contributed by atoms with van der Waals surface area (Å²) in [6.07, 6.45) is 4.64. The highest BCUT2D eigenvalue weighted by Gasteiger charge is 2.23. The molecule has 2 aliphatic heterocycles. The number of anilines is 1. The van der Waals surface area contributed by atoms with Crippen LogP contribution in [0.2, 0.25) is 0 Å². The quantitative estimate of drug-likeness (QED) is 0.695. The van der Waals surface area contributed by atoms with E-state index in [1.165, 1.54) is 24.0 Å². The van der Waals surface area contributed by atoms with Gasteiger partial charge in [0.05, 0.1) is 5.69 Å². The molecule has 1 aromatic heterocycles. The van der Waals surface area contributed by atoms with Crippen molar-refractivity contribution in [2.45, 2.75) is 59.9 Å². The van der Waals surface area contributed by atoms with Crippen molar-refractivity contribution in [3.05, 3.63) is 58.8 Å². The SMILES string of the molecule is CCC.Cc1ccc(C(=O)N2CCC(CNCc3cccc(N4CCC4)n3)CC2)cc1C. The fourth-order valence-corrected chi connectivity index (χ4v) is 4.09. The smallest absolute Gasteiger partial charge is 0.253 e. The number of nitrogens with zero attached hydrogens (tertiary/aromatic N) is 3. The van der Waals surface area contributed by atoms with E-state index >= 15 is 0 Å². The number of carbonyl (C=O) groups is 1. The zero-order valence-corrected chi connectivity index (χ0v) is 20.4. The summed E-state index contributed by atoms with van der Waals surface area (Å²) in [4.78, 5) is 21.9. The van der Waals surface area contributed by atoms with Crippen LogP contribution >= 0.6 is 0 Å². The molecule has 174 valence electrons. The van der Waals surface area contributed by atoms with Crippen LogP contribution in [0.3, 0.4) is 0 Å². The Morgan fingerprint density at radius 3 is 2.38 bits per heavy atom. The third kappa shape index (κ3) is 6.55. The summed E-state index contributed by atoms with van der Waals surface area (Å²) in [5.41, 5.74) is 4.34. The molecule has 2 aliphatic rings. The van der Waals surface area contributed by atoms with E-state index in [-0.39, 0.29) is 5.91 Å². The van der Waals surface area contributed by atoms with Crippen LogP contribution in [0.25, 0.3) is 0 Å². The van der Waals surface area contributed by atoms with Gasteiger partial charge in [-0.1, -0.05) is 32.4 Å². The zero-order chi connectivity index (χ0) is 22.9. The Morgan fingerprint density at radius 2 is 1.75 bits per heavy atom. The second-order valence-corrected chi connectivity index (χ2v) is 9.20. The minimum absolute atomic E-state index is 0.173. The number of aryl methyl sites for hydroxylation is 2. The molecular weight excluding hydrogens is 396 g/mol. The minimum Gasteiger partial charge on any atom is -0.356 e. The highest BCUT2D eigenvalue weighted by Crippen LogP contribution is 2.20. The summed E-state index contributed by atoms with van der Waals surface area (Å²) in [5, 5.41) is 3.58. The van der Waals surface area contributed by atoms with Crippen molar-refractivity contribution in [2.75, 3.05) is 37.6 Å². The van der Waals surface area contributed by atoms with Gasteiger partial charge in [0.25, 0.3) is 5.91 Å². The van der Waals surface area contributed by atoms with E-state index in [4.69, 9.17) is 4.98 Å². The van der Waals surface area contributed by atoms with Crippen LogP contribution in [0.1, 0.15) is 66.7 Å². The van der Waals surface area contributed by atoms with Crippen LogP contribution < -0.4 is 10.2 Å². The van der Waals surface area contributed by atoms with E-state index in [1.807, 2.05) is 23.1 Å². The Morgan fingerprint density at radius 1 is 1.03 bits per heavy atom. The molecule has 0 atom stereocenters. The molecule has 0 bridgehead atoms. The van der Waals surface area contributed by atoms with Crippen LogP contribution in [-0.4, -0.2) is 48.5 Å². The fraction of sp³-hybridized carbons (Fsp3) is 0.556. The van der Waals surface area contributed by atoms with E-state index < -0.39 is 0 Å². The predicted octanol–water partition coefficient (Wildman–Crippen LogP) is 4.97. The predicted molar refractivity (Wildman–Crippen MR) is 133 cm³/mol. The Labute approximate surface area is 194 Å². The summed E-state index contributed by atoms with van der Waals surface area (Å²) >= 11 is 0. The monoisotopic (exact) mass is 436 g/mol. The summed E-state index contributed by atoms with van der Waals surface area (Å²) in [6, 6.07) is 12.3. The van der Waals surface area contributed by atoms with Gasteiger partial charge in [-0.25, -0.2) is 4.98 Å². The second-order valence-electron chi connectivity index (χ2n) is 9.20. The van der Waals surface area contributed by atoms with Crippen molar-refractivity contribution in [1.29, 1.82) is 0 Å². The van der Waals surface area contributed by atoms with E-state index in [0.717, 1.165) is 69.2 Å². The highest BCUT2D eigenvalue weighted by molar-refractivity contribution is 5.94. The average Bonchev–Trinajstić information content (AvgIpc) is 2.75. The molecule has 0 spiro atoms. The van der Waals surface area contributed by atoms with E-state index in [1.54, 1.807) is 0 Å². The van der Waals surface area contributed by atoms with Crippen LogP contribution in [-0.2, 0) is 6.54 Å². The molecule has 1 aromatic carbocycles. The zero-order valence-electron chi connectivity index (χ0n) is 20.4. The molecule has 2 saturated heterocycles. The number of pyridine rings is 1. The van der Waals surface area contributed by atoms with Crippen molar-refractivity contribution in [2.24, 2.45) is 5.92 Å². The first-order valence-corrected chi connectivity index (χ1v) is 12.3. The lowest BCUT2D eigenvalue weighted by Crippen LogP contribution is -2.40. The minimum atomic E-state index is 0.173. The number of likely N-dealkylation sites (tertiary alicyclic amines) is 1. The van der Waals surface area contributed by atoms with Crippen LogP contribution in [0, 0.1) is 19.8 Å². The van der Waals surface area contributed by atoms with Gasteiger partial charge in [0, 0.05) is 38.3 Å². The highest BCUT2D eigenvalue weighted by atomic mass is 16.2. The van der Waals surface area contributed by atoms with Crippen molar-refractivity contribution in [3.63, 3.8) is 0 Å². The number of carbonyl (C=O) groups excluding carboxylic acids is 1. The first kappa shape index (κ1) is 24.2. The number of amides is 1. The van der Waals surface area contributed by atoms with Crippen molar-refractivity contribution >= 4 is 11.7 Å². The van der Waals surface area contributed by atoms with E-state index in [2.05, 4.69) is 56.1 Å². The second kappa shape index (κ2) is 12.0. The topological polar surface area (TPSA) is 48.5 Å². The normalized spacial score (nSPS) is 16.2. The Balaban J connectivity index is 0.000000913. The number of benzene rings is 1. The fourth-order valence-electron chi connectivity index (χ4n) is 4.09. The summed E-state index contributed by atoms with van der Waals surface area (Å²) < 4.78 is 0. The van der Waals surface area contributed by atoms with Gasteiger partial charge in [0.15, 0.2) is 0 Å². The molecule has 2 fully saturated rings. The first-order valence-electron chi connectivity index (χ1n) is 12.3. The van der Waals surface area contributed by atoms with Crippen LogP contribution in [0.15, 0.2) is 36.4 Å². The molecule has 4 rings (SSSR count). The van der Waals surface area contributed by atoms with Gasteiger partial charge in [0.2, 0.25) is 0 Å². The Kier molecular flexibility index (Phi) is 9.10. The van der Waals surface area contributed by atoms with Crippen molar-refractivity contribution < 1.29 is 4.79 Å². The van der Waals surface area contributed by atoms with E-state index in [9.17, 15) is 4.79 Å². The molecule has 1 amide bonds. The van der Waals surface area contributed by atoms with Gasteiger partial charge in [-0.15, -0.1) is 0 Å². The first-order chi connectivity index (χ1) is 15.5. The largest absolute Gasteiger partial charge is 0.356 e. The Bertz CT molecular complexity index is 870. The van der Waals surface area contributed by atoms with Crippen molar-refractivity contribution in [3.8, 4) is 0 Å². The number of rotatable bonds is 6. The molecule has 0 radical (unpaired) electrons. The van der Waals surface area contributed by atoms with Gasteiger partial charge in [0.1, 0.15) is 5.82 Å². The van der Waals surface area contributed by atoms with Gasteiger partial charge in [-0.2, -0.15) is 0 Å². The van der Waals surface area contributed by atoms with E-state index in [0.29, 0.717) is 5.92 Å². The lowest BCUT2D eigenvalue weighted by Gasteiger charge is -2.32. The maximum Gasteiger partial charge on any atom is 0.253 e. The van der Waals surface area contributed by atoms with Gasteiger partial charge >= 0.3 is 0 Å². The number of hydrogen-bond acceptors (Lipinski definition) is 4. The molecule has 0 aliphatic carbocycles. The van der Waals surface area contributed by atoms with Gasteiger partial charge in [-0.3, -0.25) is 4.79 Å². The standard InChI is InChI=1S/C24H32N4O.C3H8/c1-18-7-8-21(15-19(18)2)24(29)28-13-9-20(10-14-28)16-25-17-22-5-3-6-23(26-22)27-11-4-12-27;1-3-2/h3,5-8,15,20,25H,4,9-14,16-17H2,1-2H3;3H2,1-2H3. The molecule has 0 saturated carbocycles. The molecule has 2 aromatic rings. The average molecular weight is 437 g/mol. The molecule has 5 heteroatoms. The number of piperidine rings is 1. The maximum atomic E-state index is 12.8.